The van der Waals surface area contributed by atoms with Gasteiger partial charge < -0.3 is 15.5 Å². The van der Waals surface area contributed by atoms with Crippen LogP contribution in [0.1, 0.15) is 10.4 Å². The Kier molecular flexibility index (Phi) is 4.19. The number of carbonyl (C=O) groups excluding carboxylic acids is 1. The van der Waals surface area contributed by atoms with Crippen LogP contribution in [0.4, 0.5) is 15.9 Å². The van der Waals surface area contributed by atoms with Gasteiger partial charge >= 0.3 is 0 Å². The van der Waals surface area contributed by atoms with E-state index in [-0.39, 0.29) is 5.56 Å². The van der Waals surface area contributed by atoms with Crippen LogP contribution < -0.4 is 15.5 Å². The molecular formula is C16H15BrFN7O. The third-order valence-electron chi connectivity index (χ3n) is 4.37. The Labute approximate surface area is 156 Å². The van der Waals surface area contributed by atoms with Gasteiger partial charge in [-0.05, 0) is 24.3 Å². The maximum Gasteiger partial charge on any atom is 0.253 e. The molecule has 0 aliphatic carbocycles. The van der Waals surface area contributed by atoms with Gasteiger partial charge in [0.05, 0.1) is 11.3 Å². The Balaban J connectivity index is 1.56. The summed E-state index contributed by atoms with van der Waals surface area (Å²) >= 11 is 3.28. The molecule has 1 amide bonds. The lowest BCUT2D eigenvalue weighted by molar-refractivity contribution is 0.0997. The summed E-state index contributed by atoms with van der Waals surface area (Å²) in [6.07, 6.45) is 1.55. The summed E-state index contributed by atoms with van der Waals surface area (Å²) in [6, 6.07) is 6.72. The van der Waals surface area contributed by atoms with Crippen molar-refractivity contribution in [3.05, 3.63) is 46.4 Å². The molecule has 1 aliphatic heterocycles. The number of amides is 1. The van der Waals surface area contributed by atoms with Crippen LogP contribution >= 0.6 is 15.9 Å². The predicted molar refractivity (Wildman–Crippen MR) is 97.8 cm³/mol. The van der Waals surface area contributed by atoms with Crippen molar-refractivity contribution in [2.75, 3.05) is 36.0 Å². The molecule has 1 saturated heterocycles. The second kappa shape index (κ2) is 6.52. The molecule has 10 heteroatoms. The number of hydrogen-bond acceptors (Lipinski definition) is 6. The first kappa shape index (κ1) is 16.7. The monoisotopic (exact) mass is 419 g/mol. The Hall–Kier alpha value is -2.75. The maximum absolute atomic E-state index is 14.2. The highest BCUT2D eigenvalue weighted by atomic mass is 79.9. The Bertz CT molecular complexity index is 984. The van der Waals surface area contributed by atoms with Crippen molar-refractivity contribution in [3.63, 3.8) is 0 Å². The van der Waals surface area contributed by atoms with E-state index in [1.165, 1.54) is 6.07 Å². The number of rotatable bonds is 3. The first-order valence-electron chi connectivity index (χ1n) is 7.99. The predicted octanol–water partition coefficient (Wildman–Crippen LogP) is 1.45. The van der Waals surface area contributed by atoms with Gasteiger partial charge in [-0.2, -0.15) is 4.52 Å². The molecule has 1 fully saturated rings. The van der Waals surface area contributed by atoms with E-state index in [1.54, 1.807) is 16.9 Å². The van der Waals surface area contributed by atoms with E-state index in [2.05, 4.69) is 36.1 Å². The van der Waals surface area contributed by atoms with E-state index in [4.69, 9.17) is 5.73 Å². The van der Waals surface area contributed by atoms with Gasteiger partial charge in [-0.15, -0.1) is 15.3 Å². The average molecular weight is 420 g/mol. The van der Waals surface area contributed by atoms with Crippen LogP contribution in [0.2, 0.25) is 0 Å². The van der Waals surface area contributed by atoms with Crippen molar-refractivity contribution in [1.29, 1.82) is 0 Å². The van der Waals surface area contributed by atoms with E-state index < -0.39 is 11.7 Å². The molecule has 0 atom stereocenters. The number of fused-ring (bicyclic) bond motifs is 1. The molecule has 134 valence electrons. The zero-order chi connectivity index (χ0) is 18.3. The standard InChI is InChI=1S/C16H15BrFN7O/c17-10-7-11(18)15(16(19)26)12(8-10)23-3-5-24(6-4-23)14-2-1-13-21-20-9-25(13)22-14/h1-2,7-9H,3-6H2,(H2,19,26). The lowest BCUT2D eigenvalue weighted by Crippen LogP contribution is -2.47. The average Bonchev–Trinajstić information content (AvgIpc) is 3.08. The molecule has 2 aromatic heterocycles. The van der Waals surface area contributed by atoms with Crippen LogP contribution in [-0.4, -0.2) is 51.9 Å². The number of nitrogens with zero attached hydrogens (tertiary/aromatic N) is 6. The zero-order valence-corrected chi connectivity index (χ0v) is 15.2. The number of piperazine rings is 1. The molecule has 26 heavy (non-hydrogen) atoms. The molecule has 8 nitrogen and oxygen atoms in total. The summed E-state index contributed by atoms with van der Waals surface area (Å²) in [5, 5.41) is 12.2. The zero-order valence-electron chi connectivity index (χ0n) is 13.6. The first-order valence-corrected chi connectivity index (χ1v) is 8.78. The third kappa shape index (κ3) is 2.96. The largest absolute Gasteiger partial charge is 0.367 e. The SMILES string of the molecule is NC(=O)c1c(F)cc(Br)cc1N1CCN(c2ccc3nncn3n2)CC1. The molecule has 0 bridgehead atoms. The van der Waals surface area contributed by atoms with Gasteiger partial charge in [0.2, 0.25) is 0 Å². The van der Waals surface area contributed by atoms with E-state index in [0.29, 0.717) is 42.0 Å². The highest BCUT2D eigenvalue weighted by Gasteiger charge is 2.24. The fraction of sp³-hybridized carbons (Fsp3) is 0.250. The highest BCUT2D eigenvalue weighted by molar-refractivity contribution is 9.10. The van der Waals surface area contributed by atoms with Crippen molar-refractivity contribution in [2.24, 2.45) is 5.73 Å². The lowest BCUT2D eigenvalue weighted by Gasteiger charge is -2.37. The molecule has 1 aromatic carbocycles. The van der Waals surface area contributed by atoms with E-state index >= 15 is 0 Å². The number of hydrogen-bond donors (Lipinski definition) is 1. The fourth-order valence-corrected chi connectivity index (χ4v) is 3.53. The number of nitrogens with two attached hydrogens (primary N) is 1. The summed E-state index contributed by atoms with van der Waals surface area (Å²) in [7, 11) is 0. The molecule has 1 aliphatic rings. The minimum absolute atomic E-state index is 0.0781. The molecule has 0 spiro atoms. The van der Waals surface area contributed by atoms with Gasteiger partial charge in [-0.1, -0.05) is 15.9 Å². The lowest BCUT2D eigenvalue weighted by atomic mass is 10.1. The maximum atomic E-state index is 14.2. The molecule has 0 saturated carbocycles. The van der Waals surface area contributed by atoms with E-state index in [0.717, 1.165) is 5.82 Å². The van der Waals surface area contributed by atoms with Gasteiger partial charge in [0, 0.05) is 30.7 Å². The van der Waals surface area contributed by atoms with Crippen LogP contribution in [0, 0.1) is 5.82 Å². The van der Waals surface area contributed by atoms with Crippen molar-refractivity contribution in [2.45, 2.75) is 0 Å². The molecular weight excluding hydrogens is 405 g/mol. The summed E-state index contributed by atoms with van der Waals surface area (Å²) in [6.45, 7) is 2.57. The minimum atomic E-state index is -0.771. The molecule has 3 heterocycles. The van der Waals surface area contributed by atoms with Gasteiger partial charge in [-0.3, -0.25) is 4.79 Å². The van der Waals surface area contributed by atoms with Gasteiger partial charge in [-0.25, -0.2) is 4.39 Å². The van der Waals surface area contributed by atoms with Crippen LogP contribution in [0.25, 0.3) is 5.65 Å². The quantitative estimate of drug-likeness (QED) is 0.690. The number of carbonyl (C=O) groups is 1. The van der Waals surface area contributed by atoms with Crippen molar-refractivity contribution in [1.82, 2.24) is 19.8 Å². The van der Waals surface area contributed by atoms with Crippen molar-refractivity contribution < 1.29 is 9.18 Å². The van der Waals surface area contributed by atoms with Crippen LogP contribution in [0.5, 0.6) is 0 Å². The number of benzene rings is 1. The smallest absolute Gasteiger partial charge is 0.253 e. The molecule has 3 aromatic rings. The number of anilines is 2. The Morgan fingerprint density at radius 3 is 2.62 bits per heavy atom. The van der Waals surface area contributed by atoms with E-state index in [9.17, 15) is 9.18 Å². The molecule has 0 radical (unpaired) electrons. The Morgan fingerprint density at radius 2 is 1.88 bits per heavy atom. The van der Waals surface area contributed by atoms with Crippen LogP contribution in [-0.2, 0) is 0 Å². The normalized spacial score (nSPS) is 14.8. The van der Waals surface area contributed by atoms with Gasteiger partial charge in [0.15, 0.2) is 5.65 Å². The number of aromatic nitrogens is 4. The summed E-state index contributed by atoms with van der Waals surface area (Å²) in [4.78, 5) is 15.8. The molecule has 0 unspecified atom stereocenters. The molecule has 2 N–H and O–H groups in total. The second-order valence-electron chi connectivity index (χ2n) is 5.95. The summed E-state index contributed by atoms with van der Waals surface area (Å²) in [5.41, 5.74) is 6.49. The number of primary amides is 1. The number of halogens is 2. The fourth-order valence-electron chi connectivity index (χ4n) is 3.12. The van der Waals surface area contributed by atoms with E-state index in [1.807, 2.05) is 17.0 Å². The van der Waals surface area contributed by atoms with Gasteiger partial charge in [0.25, 0.3) is 5.91 Å². The minimum Gasteiger partial charge on any atom is -0.367 e. The summed E-state index contributed by atoms with van der Waals surface area (Å²) in [5.74, 6) is -0.580. The first-order chi connectivity index (χ1) is 12.5. The van der Waals surface area contributed by atoms with Gasteiger partial charge in [0.1, 0.15) is 18.0 Å². The molecule has 4 rings (SSSR count). The second-order valence-corrected chi connectivity index (χ2v) is 6.86. The third-order valence-corrected chi connectivity index (χ3v) is 4.83. The van der Waals surface area contributed by atoms with Crippen LogP contribution in [0.15, 0.2) is 35.1 Å². The van der Waals surface area contributed by atoms with Crippen molar-refractivity contribution in [3.8, 4) is 0 Å². The summed E-state index contributed by atoms with van der Waals surface area (Å²) < 4.78 is 16.4. The van der Waals surface area contributed by atoms with Crippen LogP contribution in [0.3, 0.4) is 0 Å². The topological polar surface area (TPSA) is 92.7 Å². The van der Waals surface area contributed by atoms with Crippen molar-refractivity contribution >= 4 is 39.0 Å². The Morgan fingerprint density at radius 1 is 1.15 bits per heavy atom. The highest BCUT2D eigenvalue weighted by Crippen LogP contribution is 2.29.